The molecule has 5 heteroatoms. The summed E-state index contributed by atoms with van der Waals surface area (Å²) in [5, 5.41) is 0. The summed E-state index contributed by atoms with van der Waals surface area (Å²) in [5.41, 5.74) is 1.01. The summed E-state index contributed by atoms with van der Waals surface area (Å²) >= 11 is 3.48. The summed E-state index contributed by atoms with van der Waals surface area (Å²) < 4.78 is 12.6. The molecule has 1 aromatic rings. The Morgan fingerprint density at radius 3 is 2.83 bits per heavy atom. The molecule has 3 heterocycles. The smallest absolute Gasteiger partial charge is 0.186 e. The molecule has 2 fully saturated rings. The van der Waals surface area contributed by atoms with Crippen molar-refractivity contribution < 1.29 is 9.47 Å². The first-order valence-electron chi connectivity index (χ1n) is 6.35. The van der Waals surface area contributed by atoms with Crippen molar-refractivity contribution in [2.45, 2.75) is 25.6 Å². The second-order valence-corrected chi connectivity index (χ2v) is 5.72. The number of hydrogen-bond acceptors (Lipinski definition) is 4. The Morgan fingerprint density at radius 1 is 1.33 bits per heavy atom. The molecule has 1 aromatic heterocycles. The number of aryl methyl sites for hydroxylation is 1. The molecule has 0 amide bonds. The number of hydrogen-bond donors (Lipinski definition) is 0. The standard InChI is InChI=1S/C13H17BrN2O2/c1-10-11(14)3-4-12(15-10)16-6-2-5-13(9-16)17-7-8-18-13/h3-4H,2,5-9H2,1H3. The van der Waals surface area contributed by atoms with E-state index in [4.69, 9.17) is 9.47 Å². The molecule has 4 nitrogen and oxygen atoms in total. The van der Waals surface area contributed by atoms with Crippen molar-refractivity contribution in [1.29, 1.82) is 0 Å². The minimum Gasteiger partial charge on any atom is -0.351 e. The van der Waals surface area contributed by atoms with Gasteiger partial charge in [-0.2, -0.15) is 0 Å². The lowest BCUT2D eigenvalue weighted by Crippen LogP contribution is -2.49. The fourth-order valence-electron chi connectivity index (χ4n) is 2.62. The summed E-state index contributed by atoms with van der Waals surface area (Å²) in [5.74, 6) is 0.620. The van der Waals surface area contributed by atoms with E-state index >= 15 is 0 Å². The molecule has 18 heavy (non-hydrogen) atoms. The maximum atomic E-state index is 5.79. The predicted octanol–water partition coefficient (Wildman–Crippen LogP) is 2.50. The first-order valence-corrected chi connectivity index (χ1v) is 7.14. The number of rotatable bonds is 1. The highest BCUT2D eigenvalue weighted by Gasteiger charge is 2.41. The van der Waals surface area contributed by atoms with Crippen LogP contribution in [0.3, 0.4) is 0 Å². The fourth-order valence-corrected chi connectivity index (χ4v) is 2.84. The number of aromatic nitrogens is 1. The molecule has 98 valence electrons. The molecule has 2 aliphatic heterocycles. The molecule has 0 bridgehead atoms. The van der Waals surface area contributed by atoms with Crippen molar-refractivity contribution in [3.8, 4) is 0 Å². The molecule has 2 saturated heterocycles. The van der Waals surface area contributed by atoms with Crippen molar-refractivity contribution in [2.24, 2.45) is 0 Å². The summed E-state index contributed by atoms with van der Waals surface area (Å²) in [6, 6.07) is 4.10. The quantitative estimate of drug-likeness (QED) is 0.798. The lowest BCUT2D eigenvalue weighted by molar-refractivity contribution is -0.161. The first kappa shape index (κ1) is 12.4. The second-order valence-electron chi connectivity index (χ2n) is 4.87. The van der Waals surface area contributed by atoms with Crippen LogP contribution in [-0.2, 0) is 9.47 Å². The summed E-state index contributed by atoms with van der Waals surface area (Å²) in [4.78, 5) is 6.88. The van der Waals surface area contributed by atoms with E-state index in [-0.39, 0.29) is 5.79 Å². The van der Waals surface area contributed by atoms with Gasteiger partial charge in [0, 0.05) is 17.4 Å². The maximum Gasteiger partial charge on any atom is 0.186 e. The SMILES string of the molecule is Cc1nc(N2CCCC3(C2)OCCO3)ccc1Br. The van der Waals surface area contributed by atoms with Crippen LogP contribution in [0.5, 0.6) is 0 Å². The van der Waals surface area contributed by atoms with Crippen LogP contribution in [0.25, 0.3) is 0 Å². The van der Waals surface area contributed by atoms with Gasteiger partial charge in [0.15, 0.2) is 5.79 Å². The van der Waals surface area contributed by atoms with E-state index in [0.717, 1.165) is 41.9 Å². The van der Waals surface area contributed by atoms with E-state index in [0.29, 0.717) is 13.2 Å². The normalized spacial score (nSPS) is 22.7. The van der Waals surface area contributed by atoms with Gasteiger partial charge in [-0.3, -0.25) is 0 Å². The number of halogens is 1. The number of anilines is 1. The fraction of sp³-hybridized carbons (Fsp3) is 0.615. The third kappa shape index (κ3) is 2.27. The minimum atomic E-state index is -0.388. The van der Waals surface area contributed by atoms with Gasteiger partial charge >= 0.3 is 0 Å². The van der Waals surface area contributed by atoms with E-state index in [1.165, 1.54) is 0 Å². The molecule has 0 aromatic carbocycles. The summed E-state index contributed by atoms with van der Waals surface area (Å²) in [6.45, 7) is 5.22. The Labute approximate surface area is 115 Å². The van der Waals surface area contributed by atoms with Crippen molar-refractivity contribution in [3.63, 3.8) is 0 Å². The molecule has 0 unspecified atom stereocenters. The number of ether oxygens (including phenoxy) is 2. The van der Waals surface area contributed by atoms with Gasteiger partial charge in [-0.1, -0.05) is 0 Å². The molecule has 0 saturated carbocycles. The molecular formula is C13H17BrN2O2. The molecule has 0 aliphatic carbocycles. The van der Waals surface area contributed by atoms with Gasteiger partial charge in [0.25, 0.3) is 0 Å². The third-order valence-electron chi connectivity index (χ3n) is 3.56. The minimum absolute atomic E-state index is 0.388. The zero-order valence-corrected chi connectivity index (χ0v) is 12.1. The maximum absolute atomic E-state index is 5.79. The average molecular weight is 313 g/mol. The van der Waals surface area contributed by atoms with Gasteiger partial charge in [-0.25, -0.2) is 4.98 Å². The Balaban J connectivity index is 1.81. The number of nitrogens with zero attached hydrogens (tertiary/aromatic N) is 2. The van der Waals surface area contributed by atoms with Gasteiger partial charge in [-0.05, 0) is 41.4 Å². The lowest BCUT2D eigenvalue weighted by atomic mass is 10.0. The van der Waals surface area contributed by atoms with E-state index in [1.807, 2.05) is 13.0 Å². The van der Waals surface area contributed by atoms with Gasteiger partial charge in [0.1, 0.15) is 5.82 Å². The Morgan fingerprint density at radius 2 is 2.11 bits per heavy atom. The van der Waals surface area contributed by atoms with Crippen LogP contribution in [-0.4, -0.2) is 37.1 Å². The number of pyridine rings is 1. The zero-order chi connectivity index (χ0) is 12.6. The van der Waals surface area contributed by atoms with Crippen LogP contribution in [0.2, 0.25) is 0 Å². The Bertz CT molecular complexity index is 447. The lowest BCUT2D eigenvalue weighted by Gasteiger charge is -2.39. The molecule has 1 spiro atoms. The van der Waals surface area contributed by atoms with Crippen molar-refractivity contribution >= 4 is 21.7 Å². The topological polar surface area (TPSA) is 34.6 Å². The Kier molecular flexibility index (Phi) is 3.30. The molecule has 3 rings (SSSR count). The third-order valence-corrected chi connectivity index (χ3v) is 4.40. The van der Waals surface area contributed by atoms with E-state index < -0.39 is 0 Å². The van der Waals surface area contributed by atoms with E-state index in [9.17, 15) is 0 Å². The van der Waals surface area contributed by atoms with Crippen molar-refractivity contribution in [1.82, 2.24) is 4.98 Å². The highest BCUT2D eigenvalue weighted by atomic mass is 79.9. The monoisotopic (exact) mass is 312 g/mol. The van der Waals surface area contributed by atoms with Crippen LogP contribution in [0.15, 0.2) is 16.6 Å². The molecule has 0 N–H and O–H groups in total. The second kappa shape index (κ2) is 4.79. The number of piperidine rings is 1. The van der Waals surface area contributed by atoms with E-state index in [2.05, 4.69) is 31.9 Å². The van der Waals surface area contributed by atoms with Crippen LogP contribution >= 0.6 is 15.9 Å². The summed E-state index contributed by atoms with van der Waals surface area (Å²) in [6.07, 6.45) is 2.07. The predicted molar refractivity (Wildman–Crippen MR) is 72.8 cm³/mol. The van der Waals surface area contributed by atoms with Crippen LogP contribution in [0.1, 0.15) is 18.5 Å². The van der Waals surface area contributed by atoms with Gasteiger partial charge in [0.2, 0.25) is 0 Å². The Hall–Kier alpha value is -0.650. The highest BCUT2D eigenvalue weighted by Crippen LogP contribution is 2.32. The first-order chi connectivity index (χ1) is 8.69. The van der Waals surface area contributed by atoms with Crippen LogP contribution in [0, 0.1) is 6.92 Å². The zero-order valence-electron chi connectivity index (χ0n) is 10.5. The van der Waals surface area contributed by atoms with Crippen LogP contribution in [0.4, 0.5) is 5.82 Å². The molecule has 0 radical (unpaired) electrons. The van der Waals surface area contributed by atoms with E-state index in [1.54, 1.807) is 0 Å². The largest absolute Gasteiger partial charge is 0.351 e. The average Bonchev–Trinajstić information content (AvgIpc) is 2.81. The highest BCUT2D eigenvalue weighted by molar-refractivity contribution is 9.10. The molecular weight excluding hydrogens is 296 g/mol. The van der Waals surface area contributed by atoms with Gasteiger partial charge in [0.05, 0.1) is 25.5 Å². The summed E-state index contributed by atoms with van der Waals surface area (Å²) in [7, 11) is 0. The van der Waals surface area contributed by atoms with Crippen molar-refractivity contribution in [3.05, 3.63) is 22.3 Å². The molecule has 2 aliphatic rings. The van der Waals surface area contributed by atoms with Crippen molar-refractivity contribution in [2.75, 3.05) is 31.2 Å². The molecule has 0 atom stereocenters. The van der Waals surface area contributed by atoms with Gasteiger partial charge in [-0.15, -0.1) is 0 Å². The van der Waals surface area contributed by atoms with Crippen LogP contribution < -0.4 is 4.90 Å². The van der Waals surface area contributed by atoms with Gasteiger partial charge < -0.3 is 14.4 Å².